The Bertz CT molecular complexity index is 1300. The molecule has 1 amide bonds. The SMILES string of the molecule is Cn1cnc(CC(=O)N[C@H]2C[C@H](c3c(-c4ccc(F)cc4)[nH]c4c(F)cc(F)cc43)C2)c1. The molecule has 0 bridgehead atoms. The van der Waals surface area contributed by atoms with E-state index in [1.165, 1.54) is 18.2 Å². The number of H-pyrrole nitrogens is 1. The van der Waals surface area contributed by atoms with Gasteiger partial charge in [-0.15, -0.1) is 0 Å². The van der Waals surface area contributed by atoms with E-state index < -0.39 is 11.6 Å². The second-order valence-electron chi connectivity index (χ2n) is 8.37. The molecule has 5 nitrogen and oxygen atoms in total. The molecule has 1 saturated carbocycles. The smallest absolute Gasteiger partial charge is 0.226 e. The molecule has 8 heteroatoms. The summed E-state index contributed by atoms with van der Waals surface area (Å²) in [6.07, 6.45) is 4.94. The molecule has 2 N–H and O–H groups in total. The number of aromatic nitrogens is 3. The van der Waals surface area contributed by atoms with Crippen molar-refractivity contribution in [2.45, 2.75) is 31.2 Å². The molecule has 0 radical (unpaired) electrons. The standard InChI is InChI=1S/C24H21F3N4O/c1-31-11-18(28-12-31)10-21(32)29-17-6-14(7-17)22-19-8-16(26)9-20(27)24(19)30-23(22)13-2-4-15(25)5-3-13/h2-5,8-9,11-12,14,17,30H,6-7,10H2,1H3,(H,29,32)/t14-,17-. The fourth-order valence-electron chi connectivity index (χ4n) is 4.48. The maximum absolute atomic E-state index is 14.5. The molecule has 0 unspecified atom stereocenters. The third kappa shape index (κ3) is 3.77. The first kappa shape index (κ1) is 20.4. The van der Waals surface area contributed by atoms with Crippen molar-refractivity contribution in [3.63, 3.8) is 0 Å². The van der Waals surface area contributed by atoms with Crippen molar-refractivity contribution < 1.29 is 18.0 Å². The van der Waals surface area contributed by atoms with Crippen LogP contribution in [0, 0.1) is 17.5 Å². The molecular weight excluding hydrogens is 417 g/mol. The van der Waals surface area contributed by atoms with Gasteiger partial charge in [0.1, 0.15) is 17.5 Å². The van der Waals surface area contributed by atoms with E-state index in [1.807, 2.05) is 7.05 Å². The molecule has 4 aromatic rings. The first-order valence-corrected chi connectivity index (χ1v) is 10.4. The molecule has 2 aromatic heterocycles. The van der Waals surface area contributed by atoms with Crippen molar-refractivity contribution >= 4 is 16.8 Å². The average molecular weight is 438 g/mol. The van der Waals surface area contributed by atoms with Gasteiger partial charge in [0.15, 0.2) is 0 Å². The number of benzene rings is 2. The number of aromatic amines is 1. The van der Waals surface area contributed by atoms with Crippen LogP contribution >= 0.6 is 0 Å². The van der Waals surface area contributed by atoms with Crippen LogP contribution in [-0.4, -0.2) is 26.5 Å². The van der Waals surface area contributed by atoms with Crippen LogP contribution in [0.15, 0.2) is 48.9 Å². The molecule has 0 saturated heterocycles. The van der Waals surface area contributed by atoms with Gasteiger partial charge in [-0.1, -0.05) is 0 Å². The third-order valence-electron chi connectivity index (χ3n) is 6.01. The minimum atomic E-state index is -0.672. The van der Waals surface area contributed by atoms with E-state index in [0.717, 1.165) is 11.6 Å². The Morgan fingerprint density at radius 2 is 1.91 bits per heavy atom. The van der Waals surface area contributed by atoms with Crippen LogP contribution in [0.1, 0.15) is 30.0 Å². The zero-order chi connectivity index (χ0) is 22.4. The van der Waals surface area contributed by atoms with Crippen molar-refractivity contribution in [1.29, 1.82) is 0 Å². The number of hydrogen-bond donors (Lipinski definition) is 2. The van der Waals surface area contributed by atoms with Crippen LogP contribution in [0.5, 0.6) is 0 Å². The first-order chi connectivity index (χ1) is 15.4. The summed E-state index contributed by atoms with van der Waals surface area (Å²) in [6.45, 7) is 0. The number of carbonyl (C=O) groups excluding carboxylic acids is 1. The summed E-state index contributed by atoms with van der Waals surface area (Å²) in [4.78, 5) is 19.6. The van der Waals surface area contributed by atoms with E-state index in [2.05, 4.69) is 15.3 Å². The summed E-state index contributed by atoms with van der Waals surface area (Å²) in [5.74, 6) is -1.80. The van der Waals surface area contributed by atoms with E-state index in [9.17, 15) is 18.0 Å². The van der Waals surface area contributed by atoms with E-state index in [-0.39, 0.29) is 35.6 Å². The Kier molecular flexibility index (Phi) is 5.00. The van der Waals surface area contributed by atoms with E-state index in [4.69, 9.17) is 0 Å². The van der Waals surface area contributed by atoms with Gasteiger partial charge < -0.3 is 14.9 Å². The number of carbonyl (C=O) groups is 1. The number of aryl methyl sites for hydroxylation is 1. The van der Waals surface area contributed by atoms with Crippen LogP contribution in [0.3, 0.4) is 0 Å². The van der Waals surface area contributed by atoms with E-state index >= 15 is 0 Å². The molecule has 2 heterocycles. The van der Waals surface area contributed by atoms with Gasteiger partial charge in [0.05, 0.1) is 29.7 Å². The number of rotatable bonds is 5. The molecule has 5 rings (SSSR count). The van der Waals surface area contributed by atoms with E-state index in [1.54, 1.807) is 29.2 Å². The molecule has 2 aromatic carbocycles. The number of hydrogen-bond acceptors (Lipinski definition) is 2. The van der Waals surface area contributed by atoms with Crippen LogP contribution in [0.4, 0.5) is 13.2 Å². The fraction of sp³-hybridized carbons (Fsp3) is 0.250. The lowest BCUT2D eigenvalue weighted by molar-refractivity contribution is -0.121. The van der Waals surface area contributed by atoms with Crippen molar-refractivity contribution in [2.24, 2.45) is 7.05 Å². The largest absolute Gasteiger partial charge is 0.353 e. The highest BCUT2D eigenvalue weighted by Gasteiger charge is 2.35. The van der Waals surface area contributed by atoms with Crippen molar-refractivity contribution in [3.05, 3.63) is 77.6 Å². The molecule has 0 aliphatic heterocycles. The van der Waals surface area contributed by atoms with Crippen molar-refractivity contribution in [2.75, 3.05) is 0 Å². The maximum Gasteiger partial charge on any atom is 0.226 e. The number of amides is 1. The van der Waals surface area contributed by atoms with Gasteiger partial charge in [-0.2, -0.15) is 0 Å². The Balaban J connectivity index is 1.39. The number of fused-ring (bicyclic) bond motifs is 1. The molecule has 1 aliphatic rings. The zero-order valence-electron chi connectivity index (χ0n) is 17.3. The van der Waals surface area contributed by atoms with Crippen molar-refractivity contribution in [1.82, 2.24) is 19.9 Å². The summed E-state index contributed by atoms with van der Waals surface area (Å²) in [5.41, 5.74) is 3.05. The van der Waals surface area contributed by atoms with Crippen molar-refractivity contribution in [3.8, 4) is 11.3 Å². The van der Waals surface area contributed by atoms with Gasteiger partial charge in [-0.25, -0.2) is 18.2 Å². The molecule has 0 spiro atoms. The monoisotopic (exact) mass is 438 g/mol. The lowest BCUT2D eigenvalue weighted by Gasteiger charge is -2.36. The molecule has 1 aliphatic carbocycles. The Morgan fingerprint density at radius 3 is 2.59 bits per heavy atom. The highest BCUT2D eigenvalue weighted by molar-refractivity contribution is 5.92. The van der Waals surface area contributed by atoms with Gasteiger partial charge in [-0.05, 0) is 60.2 Å². The highest BCUT2D eigenvalue weighted by atomic mass is 19.1. The van der Waals surface area contributed by atoms with Gasteiger partial charge in [-0.3, -0.25) is 4.79 Å². The molecule has 1 fully saturated rings. The topological polar surface area (TPSA) is 62.7 Å². The summed E-state index contributed by atoms with van der Waals surface area (Å²) in [6, 6.07) is 8.04. The molecular formula is C24H21F3N4O. The van der Waals surface area contributed by atoms with Gasteiger partial charge in [0.2, 0.25) is 5.91 Å². The summed E-state index contributed by atoms with van der Waals surface area (Å²) in [5, 5.41) is 3.48. The first-order valence-electron chi connectivity index (χ1n) is 10.4. The van der Waals surface area contributed by atoms with Crippen LogP contribution < -0.4 is 5.32 Å². The van der Waals surface area contributed by atoms with Crippen LogP contribution in [0.2, 0.25) is 0 Å². The number of halogens is 3. The normalized spacial score (nSPS) is 18.0. The van der Waals surface area contributed by atoms with Gasteiger partial charge >= 0.3 is 0 Å². The average Bonchev–Trinajstić information content (AvgIpc) is 3.28. The summed E-state index contributed by atoms with van der Waals surface area (Å²) < 4.78 is 43.7. The minimum Gasteiger partial charge on any atom is -0.353 e. The summed E-state index contributed by atoms with van der Waals surface area (Å²) in [7, 11) is 1.84. The molecule has 32 heavy (non-hydrogen) atoms. The summed E-state index contributed by atoms with van der Waals surface area (Å²) >= 11 is 0. The molecule has 164 valence electrons. The maximum atomic E-state index is 14.5. The fourth-order valence-corrected chi connectivity index (χ4v) is 4.48. The predicted molar refractivity (Wildman–Crippen MR) is 114 cm³/mol. The number of imidazole rings is 1. The second-order valence-corrected chi connectivity index (χ2v) is 8.37. The third-order valence-corrected chi connectivity index (χ3v) is 6.01. The Morgan fingerprint density at radius 1 is 1.16 bits per heavy atom. The quantitative estimate of drug-likeness (QED) is 0.479. The molecule has 0 atom stereocenters. The lowest BCUT2D eigenvalue weighted by atomic mass is 9.74. The Hall–Kier alpha value is -3.55. The van der Waals surface area contributed by atoms with Gasteiger partial charge in [0, 0.05) is 30.7 Å². The lowest BCUT2D eigenvalue weighted by Crippen LogP contribution is -2.44. The number of nitrogens with zero attached hydrogens (tertiary/aromatic N) is 2. The predicted octanol–water partition coefficient (Wildman–Crippen LogP) is 4.59. The van der Waals surface area contributed by atoms with Crippen LogP contribution in [0.25, 0.3) is 22.2 Å². The minimum absolute atomic E-state index is 0.00477. The zero-order valence-corrected chi connectivity index (χ0v) is 17.3. The Labute approximate surface area is 182 Å². The van der Waals surface area contributed by atoms with Crippen LogP contribution in [-0.2, 0) is 18.3 Å². The highest BCUT2D eigenvalue weighted by Crippen LogP contribution is 2.45. The second kappa shape index (κ2) is 7.85. The van der Waals surface area contributed by atoms with E-state index in [0.29, 0.717) is 35.2 Å². The van der Waals surface area contributed by atoms with Gasteiger partial charge in [0.25, 0.3) is 0 Å². The number of nitrogens with one attached hydrogen (secondary N) is 2.